The highest BCUT2D eigenvalue weighted by atomic mass is 16.5. The largest absolute Gasteiger partial charge is 0.382 e. The minimum Gasteiger partial charge on any atom is -0.382 e. The molecule has 0 aromatic heterocycles. The molecule has 0 bridgehead atoms. The van der Waals surface area contributed by atoms with Crippen LogP contribution in [0.25, 0.3) is 0 Å². The van der Waals surface area contributed by atoms with Crippen molar-refractivity contribution in [3.63, 3.8) is 0 Å². The molecule has 0 amide bonds. The lowest BCUT2D eigenvalue weighted by atomic mass is 9.96. The highest BCUT2D eigenvalue weighted by Crippen LogP contribution is 2.32. The van der Waals surface area contributed by atoms with Gasteiger partial charge in [-0.25, -0.2) is 0 Å². The molecule has 1 N–H and O–H groups in total. The van der Waals surface area contributed by atoms with Crippen molar-refractivity contribution in [1.29, 1.82) is 0 Å². The van der Waals surface area contributed by atoms with Crippen LogP contribution in [-0.2, 0) is 9.47 Å². The molecule has 0 atom stereocenters. The van der Waals surface area contributed by atoms with E-state index in [0.29, 0.717) is 18.8 Å². The molecule has 0 heterocycles. The van der Waals surface area contributed by atoms with Gasteiger partial charge in [0.05, 0.1) is 13.2 Å². The Kier molecular flexibility index (Phi) is 7.82. The van der Waals surface area contributed by atoms with E-state index in [1.165, 1.54) is 25.7 Å². The van der Waals surface area contributed by atoms with Crippen LogP contribution in [-0.4, -0.2) is 64.6 Å². The molecule has 0 aliphatic heterocycles. The Hall–Kier alpha value is -0.160. The fraction of sp³-hybridized carbons (Fsp3) is 1.00. The normalized spacial score (nSPS) is 18.7. The molecule has 108 valence electrons. The third-order valence-electron chi connectivity index (χ3n) is 4.01. The second kappa shape index (κ2) is 8.86. The van der Waals surface area contributed by atoms with Crippen molar-refractivity contribution >= 4 is 0 Å². The molecule has 18 heavy (non-hydrogen) atoms. The van der Waals surface area contributed by atoms with E-state index in [-0.39, 0.29) is 0 Å². The average Bonchev–Trinajstić information content (AvgIpc) is 2.83. The lowest BCUT2D eigenvalue weighted by molar-refractivity contribution is 0.0688. The maximum atomic E-state index is 5.44. The van der Waals surface area contributed by atoms with Gasteiger partial charge in [0, 0.05) is 25.8 Å². The van der Waals surface area contributed by atoms with Crippen LogP contribution < -0.4 is 5.32 Å². The van der Waals surface area contributed by atoms with Crippen LogP contribution in [0.4, 0.5) is 0 Å². The molecule has 0 unspecified atom stereocenters. The van der Waals surface area contributed by atoms with Gasteiger partial charge >= 0.3 is 0 Å². The minimum absolute atomic E-state index is 0.400. The molecular formula is C14H30N2O2. The van der Waals surface area contributed by atoms with E-state index < -0.39 is 0 Å². The minimum atomic E-state index is 0.400. The maximum absolute atomic E-state index is 5.44. The lowest BCUT2D eigenvalue weighted by Gasteiger charge is -2.36. The van der Waals surface area contributed by atoms with E-state index >= 15 is 0 Å². The van der Waals surface area contributed by atoms with Crippen LogP contribution in [0, 0.1) is 0 Å². The number of ether oxygens (including phenoxy) is 2. The standard InChI is InChI=1S/C14H30N2O2/c1-16(2)14(7-4-5-8-14)13-15-9-6-10-18-12-11-17-3/h15H,4-13H2,1-3H3. The smallest absolute Gasteiger partial charge is 0.0700 e. The van der Waals surface area contributed by atoms with Gasteiger partial charge in [-0.05, 0) is 39.9 Å². The summed E-state index contributed by atoms with van der Waals surface area (Å²) in [6.07, 6.45) is 6.49. The summed E-state index contributed by atoms with van der Waals surface area (Å²) >= 11 is 0. The number of likely N-dealkylation sites (N-methyl/N-ethyl adjacent to an activating group) is 1. The van der Waals surface area contributed by atoms with Crippen molar-refractivity contribution in [3.05, 3.63) is 0 Å². The fourth-order valence-electron chi connectivity index (χ4n) is 2.68. The first-order chi connectivity index (χ1) is 8.71. The SMILES string of the molecule is COCCOCCCNCC1(N(C)C)CCCC1. The van der Waals surface area contributed by atoms with Crippen LogP contribution in [0.1, 0.15) is 32.1 Å². The number of hydrogen-bond donors (Lipinski definition) is 1. The van der Waals surface area contributed by atoms with Gasteiger partial charge in [0.25, 0.3) is 0 Å². The van der Waals surface area contributed by atoms with Gasteiger partial charge in [-0.2, -0.15) is 0 Å². The van der Waals surface area contributed by atoms with E-state index in [1.807, 2.05) is 0 Å². The third kappa shape index (κ3) is 5.22. The summed E-state index contributed by atoms with van der Waals surface area (Å²) in [7, 11) is 6.12. The number of hydrogen-bond acceptors (Lipinski definition) is 4. The Balaban J connectivity index is 2.02. The molecular weight excluding hydrogens is 228 g/mol. The molecule has 1 saturated carbocycles. The van der Waals surface area contributed by atoms with Crippen molar-refractivity contribution in [3.8, 4) is 0 Å². The van der Waals surface area contributed by atoms with E-state index in [2.05, 4.69) is 24.3 Å². The molecule has 4 heteroatoms. The molecule has 0 aromatic rings. The third-order valence-corrected chi connectivity index (χ3v) is 4.01. The molecule has 1 fully saturated rings. The zero-order valence-electron chi connectivity index (χ0n) is 12.3. The van der Waals surface area contributed by atoms with Gasteiger partial charge in [-0.1, -0.05) is 12.8 Å². The first kappa shape index (κ1) is 15.9. The molecule has 1 aliphatic rings. The summed E-state index contributed by atoms with van der Waals surface area (Å²) in [5.74, 6) is 0. The van der Waals surface area contributed by atoms with Gasteiger partial charge in [0.15, 0.2) is 0 Å². The number of methoxy groups -OCH3 is 1. The quantitative estimate of drug-likeness (QED) is 0.602. The fourth-order valence-corrected chi connectivity index (χ4v) is 2.68. The van der Waals surface area contributed by atoms with Crippen LogP contribution in [0.15, 0.2) is 0 Å². The highest BCUT2D eigenvalue weighted by molar-refractivity contribution is 4.94. The Labute approximate surface area is 112 Å². The summed E-state index contributed by atoms with van der Waals surface area (Å²) in [5.41, 5.74) is 0.400. The van der Waals surface area contributed by atoms with Gasteiger partial charge < -0.3 is 19.7 Å². The van der Waals surface area contributed by atoms with Crippen molar-refractivity contribution in [1.82, 2.24) is 10.2 Å². The predicted molar refractivity (Wildman–Crippen MR) is 75.1 cm³/mol. The first-order valence-corrected chi connectivity index (χ1v) is 7.16. The van der Waals surface area contributed by atoms with Crippen molar-refractivity contribution in [2.45, 2.75) is 37.6 Å². The molecule has 0 radical (unpaired) electrons. The average molecular weight is 258 g/mol. The Morgan fingerprint density at radius 1 is 1.11 bits per heavy atom. The number of nitrogens with zero attached hydrogens (tertiary/aromatic N) is 1. The summed E-state index contributed by atoms with van der Waals surface area (Å²) in [6, 6.07) is 0. The second-order valence-electron chi connectivity index (χ2n) is 5.46. The van der Waals surface area contributed by atoms with E-state index in [1.54, 1.807) is 7.11 Å². The van der Waals surface area contributed by atoms with Gasteiger partial charge in [-0.3, -0.25) is 0 Å². The van der Waals surface area contributed by atoms with Gasteiger partial charge in [0.1, 0.15) is 0 Å². The molecule has 4 nitrogen and oxygen atoms in total. The molecule has 0 aromatic carbocycles. The second-order valence-corrected chi connectivity index (χ2v) is 5.46. The first-order valence-electron chi connectivity index (χ1n) is 7.16. The van der Waals surface area contributed by atoms with E-state index in [0.717, 1.165) is 26.1 Å². The van der Waals surface area contributed by atoms with Gasteiger partial charge in [0.2, 0.25) is 0 Å². The summed E-state index contributed by atoms with van der Waals surface area (Å²) in [4.78, 5) is 2.40. The Morgan fingerprint density at radius 2 is 1.83 bits per heavy atom. The van der Waals surface area contributed by atoms with Crippen LogP contribution in [0.2, 0.25) is 0 Å². The monoisotopic (exact) mass is 258 g/mol. The molecule has 0 spiro atoms. The zero-order valence-corrected chi connectivity index (χ0v) is 12.3. The van der Waals surface area contributed by atoms with Crippen molar-refractivity contribution in [2.24, 2.45) is 0 Å². The maximum Gasteiger partial charge on any atom is 0.0700 e. The highest BCUT2D eigenvalue weighted by Gasteiger charge is 2.35. The van der Waals surface area contributed by atoms with Crippen LogP contribution in [0.5, 0.6) is 0 Å². The summed E-state index contributed by atoms with van der Waals surface area (Å²) < 4.78 is 10.4. The molecule has 1 aliphatic carbocycles. The number of rotatable bonds is 10. The summed E-state index contributed by atoms with van der Waals surface area (Å²) in [5, 5.41) is 3.59. The summed E-state index contributed by atoms with van der Waals surface area (Å²) in [6.45, 7) is 4.38. The topological polar surface area (TPSA) is 33.7 Å². The van der Waals surface area contributed by atoms with Crippen LogP contribution in [0.3, 0.4) is 0 Å². The van der Waals surface area contributed by atoms with E-state index in [9.17, 15) is 0 Å². The predicted octanol–water partition coefficient (Wildman–Crippen LogP) is 1.50. The lowest BCUT2D eigenvalue weighted by Crippen LogP contribution is -2.49. The van der Waals surface area contributed by atoms with Crippen LogP contribution >= 0.6 is 0 Å². The molecule has 0 saturated heterocycles. The Morgan fingerprint density at radius 3 is 2.44 bits per heavy atom. The van der Waals surface area contributed by atoms with Gasteiger partial charge in [-0.15, -0.1) is 0 Å². The van der Waals surface area contributed by atoms with Crippen molar-refractivity contribution < 1.29 is 9.47 Å². The Bertz CT molecular complexity index is 204. The van der Waals surface area contributed by atoms with E-state index in [4.69, 9.17) is 9.47 Å². The van der Waals surface area contributed by atoms with Crippen molar-refractivity contribution in [2.75, 3.05) is 54.1 Å². The number of nitrogens with one attached hydrogen (secondary N) is 1. The molecule has 1 rings (SSSR count). The zero-order chi connectivity index (χ0) is 13.3.